The minimum Gasteiger partial charge on any atom is -0.383 e. The maximum absolute atomic E-state index is 6.67. The number of ether oxygens (including phenoxy) is 1. The first-order valence-electron chi connectivity index (χ1n) is 12.1. The summed E-state index contributed by atoms with van der Waals surface area (Å²) < 4.78 is 6.67. The zero-order valence-corrected chi connectivity index (χ0v) is 21.0. The molecular formula is C26H36ClN3O3. The van der Waals surface area contributed by atoms with Crippen LogP contribution in [-0.2, 0) is 14.5 Å². The van der Waals surface area contributed by atoms with Crippen LogP contribution in [0.3, 0.4) is 0 Å². The standard InChI is InChI=1S/C26H36ClN3O3/c1-23(2)16-24(3,4)18-26(17-23)31-25(32-33-26)8-12-30(13-9-25)14-11-29-21-7-10-28-22-15-19(27)5-6-20(21)22/h5-7,10,15H,8-9,11-14,16-18H2,1-4H3,(H,28,29). The van der Waals surface area contributed by atoms with Gasteiger partial charge in [-0.25, -0.2) is 0 Å². The normalized spacial score (nSPS) is 25.6. The van der Waals surface area contributed by atoms with Gasteiger partial charge in [0, 0.05) is 74.2 Å². The SMILES string of the molecule is CC1(C)CC(C)(C)CC2(C1)OOC1(CCN(CCNc3ccnc4cc(Cl)ccc34)CC1)O2. The summed E-state index contributed by atoms with van der Waals surface area (Å²) in [6.07, 6.45) is 6.40. The van der Waals surface area contributed by atoms with Crippen molar-refractivity contribution in [2.24, 2.45) is 10.8 Å². The number of aromatic nitrogens is 1. The second kappa shape index (κ2) is 8.35. The van der Waals surface area contributed by atoms with E-state index in [1.54, 1.807) is 0 Å². The molecule has 1 N–H and O–H groups in total. The highest BCUT2D eigenvalue weighted by Crippen LogP contribution is 2.56. The summed E-state index contributed by atoms with van der Waals surface area (Å²) >= 11 is 6.11. The summed E-state index contributed by atoms with van der Waals surface area (Å²) in [5.41, 5.74) is 2.34. The quantitative estimate of drug-likeness (QED) is 0.549. The summed E-state index contributed by atoms with van der Waals surface area (Å²) in [6.45, 7) is 12.9. The summed E-state index contributed by atoms with van der Waals surface area (Å²) in [4.78, 5) is 18.8. The predicted molar refractivity (Wildman–Crippen MR) is 131 cm³/mol. The molecule has 7 heteroatoms. The number of halogens is 1. The molecule has 2 spiro atoms. The van der Waals surface area contributed by atoms with Gasteiger partial charge < -0.3 is 15.0 Å². The van der Waals surface area contributed by atoms with Gasteiger partial charge in [-0.15, -0.1) is 0 Å². The number of benzene rings is 1. The molecule has 1 aromatic carbocycles. The van der Waals surface area contributed by atoms with Crippen LogP contribution >= 0.6 is 11.6 Å². The number of nitrogens with zero attached hydrogens (tertiary/aromatic N) is 2. The van der Waals surface area contributed by atoms with Gasteiger partial charge in [0.15, 0.2) is 0 Å². The van der Waals surface area contributed by atoms with Crippen LogP contribution in [0.25, 0.3) is 10.9 Å². The second-order valence-electron chi connectivity index (χ2n) is 11.7. The van der Waals surface area contributed by atoms with Crippen LogP contribution in [0, 0.1) is 10.8 Å². The van der Waals surface area contributed by atoms with Crippen molar-refractivity contribution < 1.29 is 14.5 Å². The summed E-state index contributed by atoms with van der Waals surface area (Å²) in [6, 6.07) is 7.85. The highest BCUT2D eigenvalue weighted by Gasteiger charge is 2.59. The molecule has 2 saturated heterocycles. The van der Waals surface area contributed by atoms with Crippen LogP contribution in [0.4, 0.5) is 5.69 Å². The van der Waals surface area contributed by atoms with E-state index in [9.17, 15) is 0 Å². The number of likely N-dealkylation sites (tertiary alicyclic amines) is 1. The van der Waals surface area contributed by atoms with E-state index in [1.165, 1.54) is 6.42 Å². The lowest BCUT2D eigenvalue weighted by molar-refractivity contribution is -0.366. The molecule has 6 nitrogen and oxygen atoms in total. The number of piperidine rings is 1. The van der Waals surface area contributed by atoms with Crippen LogP contribution in [0.2, 0.25) is 5.02 Å². The molecule has 1 aliphatic carbocycles. The van der Waals surface area contributed by atoms with Crippen LogP contribution in [0.15, 0.2) is 30.5 Å². The Labute approximate surface area is 201 Å². The summed E-state index contributed by atoms with van der Waals surface area (Å²) in [5, 5.41) is 5.36. The number of fused-ring (bicyclic) bond motifs is 1. The average Bonchev–Trinajstić information content (AvgIpc) is 3.03. The third-order valence-electron chi connectivity index (χ3n) is 7.24. The molecule has 0 radical (unpaired) electrons. The first kappa shape index (κ1) is 23.3. The van der Waals surface area contributed by atoms with Gasteiger partial charge in [0.1, 0.15) is 0 Å². The number of anilines is 1. The molecule has 180 valence electrons. The maximum Gasteiger partial charge on any atom is 0.207 e. The number of pyridine rings is 1. The largest absolute Gasteiger partial charge is 0.383 e. The number of rotatable bonds is 4. The molecule has 0 unspecified atom stereocenters. The van der Waals surface area contributed by atoms with Gasteiger partial charge in [0.05, 0.1) is 5.52 Å². The molecule has 0 bridgehead atoms. The van der Waals surface area contributed by atoms with Gasteiger partial charge >= 0.3 is 0 Å². The Morgan fingerprint density at radius 3 is 2.39 bits per heavy atom. The molecule has 0 amide bonds. The zero-order chi connectivity index (χ0) is 23.3. The molecule has 1 saturated carbocycles. The fourth-order valence-corrected chi connectivity index (χ4v) is 6.69. The van der Waals surface area contributed by atoms with E-state index in [0.717, 1.165) is 68.5 Å². The Hall–Kier alpha value is -1.44. The molecule has 5 rings (SSSR count). The molecular weight excluding hydrogens is 438 g/mol. The van der Waals surface area contributed by atoms with Crippen molar-refractivity contribution in [3.8, 4) is 0 Å². The van der Waals surface area contributed by atoms with Gasteiger partial charge in [0.25, 0.3) is 0 Å². The summed E-state index contributed by atoms with van der Waals surface area (Å²) in [5.74, 6) is -1.21. The molecule has 33 heavy (non-hydrogen) atoms. The Bertz CT molecular complexity index is 1000. The third-order valence-corrected chi connectivity index (χ3v) is 7.47. The lowest BCUT2D eigenvalue weighted by atomic mass is 9.63. The van der Waals surface area contributed by atoms with Crippen LogP contribution in [0.5, 0.6) is 0 Å². The van der Waals surface area contributed by atoms with Gasteiger partial charge in [-0.2, -0.15) is 9.78 Å². The van der Waals surface area contributed by atoms with Crippen molar-refractivity contribution in [1.82, 2.24) is 9.88 Å². The van der Waals surface area contributed by atoms with Crippen LogP contribution < -0.4 is 5.32 Å². The molecule has 3 heterocycles. The van der Waals surface area contributed by atoms with Gasteiger partial charge in [-0.05, 0) is 41.5 Å². The molecule has 3 fully saturated rings. The van der Waals surface area contributed by atoms with E-state index >= 15 is 0 Å². The molecule has 2 aromatic rings. The van der Waals surface area contributed by atoms with E-state index in [-0.39, 0.29) is 10.8 Å². The zero-order valence-electron chi connectivity index (χ0n) is 20.2. The van der Waals surface area contributed by atoms with E-state index in [4.69, 9.17) is 26.1 Å². The average molecular weight is 474 g/mol. The predicted octanol–water partition coefficient (Wildman–Crippen LogP) is 6.00. The second-order valence-corrected chi connectivity index (χ2v) is 12.2. The van der Waals surface area contributed by atoms with Crippen molar-refractivity contribution in [1.29, 1.82) is 0 Å². The minimum absolute atomic E-state index is 0.172. The van der Waals surface area contributed by atoms with Gasteiger partial charge in [0.2, 0.25) is 11.6 Å². The third kappa shape index (κ3) is 5.01. The smallest absolute Gasteiger partial charge is 0.207 e. The van der Waals surface area contributed by atoms with E-state index in [2.05, 4.69) is 42.9 Å². The number of hydrogen-bond donors (Lipinski definition) is 1. The van der Waals surface area contributed by atoms with Crippen molar-refractivity contribution in [2.75, 3.05) is 31.5 Å². The first-order valence-corrected chi connectivity index (χ1v) is 12.5. The van der Waals surface area contributed by atoms with Crippen LogP contribution in [0.1, 0.15) is 59.8 Å². The summed E-state index contributed by atoms with van der Waals surface area (Å²) in [7, 11) is 0. The number of hydrogen-bond acceptors (Lipinski definition) is 6. The lowest BCUT2D eigenvalue weighted by Crippen LogP contribution is -2.51. The van der Waals surface area contributed by atoms with Gasteiger partial charge in [-0.1, -0.05) is 39.3 Å². The fraction of sp³-hybridized carbons (Fsp3) is 0.654. The van der Waals surface area contributed by atoms with Gasteiger partial charge in [-0.3, -0.25) is 4.98 Å². The van der Waals surface area contributed by atoms with Crippen molar-refractivity contribution in [2.45, 2.75) is 71.4 Å². The Morgan fingerprint density at radius 2 is 1.67 bits per heavy atom. The fourth-order valence-electron chi connectivity index (χ4n) is 6.52. The van der Waals surface area contributed by atoms with Crippen molar-refractivity contribution in [3.63, 3.8) is 0 Å². The van der Waals surface area contributed by atoms with E-state index in [0.29, 0.717) is 5.02 Å². The molecule has 0 atom stereocenters. The van der Waals surface area contributed by atoms with Crippen LogP contribution in [-0.4, -0.2) is 47.6 Å². The van der Waals surface area contributed by atoms with E-state index < -0.39 is 11.6 Å². The highest BCUT2D eigenvalue weighted by atomic mass is 35.5. The Morgan fingerprint density at radius 1 is 0.970 bits per heavy atom. The van der Waals surface area contributed by atoms with Crippen molar-refractivity contribution >= 4 is 28.2 Å². The monoisotopic (exact) mass is 473 g/mol. The topological polar surface area (TPSA) is 55.9 Å². The highest BCUT2D eigenvalue weighted by molar-refractivity contribution is 6.31. The Kier molecular flexibility index (Phi) is 5.90. The lowest BCUT2D eigenvalue weighted by Gasteiger charge is -2.48. The Balaban J connectivity index is 1.15. The molecule has 2 aliphatic heterocycles. The molecule has 1 aromatic heterocycles. The number of nitrogens with one attached hydrogen (secondary N) is 1. The van der Waals surface area contributed by atoms with Crippen molar-refractivity contribution in [3.05, 3.63) is 35.5 Å². The van der Waals surface area contributed by atoms with E-state index in [1.807, 2.05) is 30.5 Å². The first-order chi connectivity index (χ1) is 15.6. The minimum atomic E-state index is -0.611. The molecule has 3 aliphatic rings. The maximum atomic E-state index is 6.67.